The molecular weight excluding hydrogens is 1160 g/mol. The number of anilines is 2. The lowest BCUT2D eigenvalue weighted by Gasteiger charge is -2.26. The molecule has 0 saturated heterocycles. The molecule has 0 unspecified atom stereocenters. The number of carbonyl (C=O) groups is 2. The van der Waals surface area contributed by atoms with Crippen LogP contribution in [0, 0.1) is 29.4 Å². The number of nitrogens with zero attached hydrogens (tertiary/aromatic N) is 7. The number of benzene rings is 3. The van der Waals surface area contributed by atoms with Gasteiger partial charge in [0.2, 0.25) is 15.9 Å². The van der Waals surface area contributed by atoms with Crippen molar-refractivity contribution in [3.05, 3.63) is 117 Å². The molecule has 0 aliphatic heterocycles. The Bertz CT molecular complexity index is 3840. The first-order chi connectivity index (χ1) is 36.3. The second-order valence-corrected chi connectivity index (χ2v) is 24.9. The summed E-state index contributed by atoms with van der Waals surface area (Å²) in [7, 11) is -13.5. The van der Waals surface area contributed by atoms with Crippen molar-refractivity contribution in [2.45, 2.75) is 74.8 Å². The molecule has 8 rings (SSSR count). The Labute approximate surface area is 446 Å². The van der Waals surface area contributed by atoms with Crippen molar-refractivity contribution >= 4 is 73.6 Å². The first-order valence-corrected chi connectivity index (χ1v) is 28.3. The predicted molar refractivity (Wildman–Crippen MR) is 263 cm³/mol. The van der Waals surface area contributed by atoms with Crippen LogP contribution >= 0.6 is 19.4 Å². The van der Waals surface area contributed by atoms with Gasteiger partial charge in [-0.15, -0.1) is 0 Å². The topological polar surface area (TPSA) is 236 Å². The molecule has 32 heteroatoms. The third-order valence-electron chi connectivity index (χ3n) is 12.7. The molecule has 422 valence electrons. The average molecular weight is 1200 g/mol. The molecule has 0 bridgehead atoms. The summed E-state index contributed by atoms with van der Waals surface area (Å²) >= 11 is 6.70. The van der Waals surface area contributed by atoms with E-state index in [9.17, 15) is 75.9 Å². The molecule has 1 saturated carbocycles. The molecule has 3 aromatic heterocycles. The van der Waals surface area contributed by atoms with E-state index in [0.29, 0.717) is 17.2 Å². The lowest BCUT2D eigenvalue weighted by molar-refractivity contribution is -0.143. The van der Waals surface area contributed by atoms with Crippen LogP contribution in [0.5, 0.6) is 5.75 Å². The molecule has 3 aromatic carbocycles. The van der Waals surface area contributed by atoms with Gasteiger partial charge in [-0.1, -0.05) is 35.7 Å². The molecule has 6 aromatic rings. The van der Waals surface area contributed by atoms with Crippen molar-refractivity contribution in [2.24, 2.45) is 5.92 Å². The molecule has 1 fully saturated rings. The number of sulfonamides is 1. The van der Waals surface area contributed by atoms with Crippen LogP contribution in [0.2, 0.25) is 5.02 Å². The number of urea groups is 1. The minimum Gasteiger partial charge on any atom is -0.402 e. The summed E-state index contributed by atoms with van der Waals surface area (Å²) in [5, 5.41) is 8.43. The van der Waals surface area contributed by atoms with Crippen molar-refractivity contribution in [2.75, 3.05) is 28.8 Å². The molecular formula is C47H40ClF10N8O10PS2. The van der Waals surface area contributed by atoms with Crippen molar-refractivity contribution in [1.82, 2.24) is 29.9 Å². The summed E-state index contributed by atoms with van der Waals surface area (Å²) in [6, 6.07) is 7.29. The maximum atomic E-state index is 15.7. The number of halogens is 11. The highest BCUT2D eigenvalue weighted by Gasteiger charge is 2.68. The number of fused-ring (bicyclic) bond motifs is 4. The number of hydrogen-bond acceptors (Lipinski definition) is 11. The normalized spacial score (nSPS) is 16.6. The van der Waals surface area contributed by atoms with Gasteiger partial charge in [-0.3, -0.25) is 28.8 Å². The quantitative estimate of drug-likeness (QED) is 0.0526. The molecule has 3 N–H and O–H groups in total. The van der Waals surface area contributed by atoms with E-state index in [4.69, 9.17) is 11.6 Å². The molecule has 3 amide bonds. The molecule has 0 spiro atoms. The third kappa shape index (κ3) is 11.9. The Morgan fingerprint density at radius 3 is 2.18 bits per heavy atom. The number of phosphoric ester groups is 1. The van der Waals surface area contributed by atoms with Gasteiger partial charge >= 0.3 is 26.2 Å². The molecule has 79 heavy (non-hydrogen) atoms. The van der Waals surface area contributed by atoms with Crippen molar-refractivity contribution < 1.29 is 89.2 Å². The largest absolute Gasteiger partial charge is 0.524 e. The Kier molecular flexibility index (Phi) is 14.8. The van der Waals surface area contributed by atoms with E-state index < -0.39 is 173 Å². The van der Waals surface area contributed by atoms with Crippen LogP contribution in [0.4, 0.5) is 60.2 Å². The molecule has 2 aliphatic rings. The van der Waals surface area contributed by atoms with Gasteiger partial charge in [-0.25, -0.2) is 40.0 Å². The molecule has 3 heterocycles. The van der Waals surface area contributed by atoms with Gasteiger partial charge in [0.25, 0.3) is 5.92 Å². The summed E-state index contributed by atoms with van der Waals surface area (Å²) in [6.45, 7) is -0.994. The van der Waals surface area contributed by atoms with Crippen LogP contribution in [-0.4, -0.2) is 93.6 Å². The fourth-order valence-corrected chi connectivity index (χ4v) is 10.7. The Hall–Kier alpha value is -6.77. The maximum Gasteiger partial charge on any atom is 0.524 e. The number of hydrogen-bond donors (Lipinski definition) is 3. The number of phosphoric acid groups is 1. The monoisotopic (exact) mass is 1200 g/mol. The molecule has 3 atom stereocenters. The first-order valence-electron chi connectivity index (χ1n) is 22.7. The minimum atomic E-state index is -5.36. The van der Waals surface area contributed by atoms with E-state index in [1.54, 1.807) is 0 Å². The van der Waals surface area contributed by atoms with Gasteiger partial charge in [0.1, 0.15) is 40.9 Å². The molecule has 0 radical (unpaired) electrons. The third-order valence-corrected chi connectivity index (χ3v) is 16.4. The van der Waals surface area contributed by atoms with Crippen LogP contribution in [0.3, 0.4) is 0 Å². The van der Waals surface area contributed by atoms with E-state index >= 15 is 8.78 Å². The average Bonchev–Trinajstić information content (AvgIpc) is 2.10. The fourth-order valence-electron chi connectivity index (χ4n) is 8.97. The van der Waals surface area contributed by atoms with E-state index in [2.05, 4.69) is 36.9 Å². The Morgan fingerprint density at radius 2 is 1.58 bits per heavy atom. The van der Waals surface area contributed by atoms with Crippen LogP contribution in [-0.2, 0) is 60.8 Å². The summed E-state index contributed by atoms with van der Waals surface area (Å²) in [4.78, 5) is 52.8. The standard InChI is InChI=1S/C47H40ClF10N8O10PS2/c1-44(2,78(4,72)73)15-14-26-10-11-27(38(59-26)32(18-23-16-24(49)19-25(50)17-23)60-35(67)21-64-41-36(40(61-64)47(56,57)58)29-20-30(29)46(41,54)55)28-12-13-31(48)37-39(28)65(22-45(51,52)53)62-42(37)66(79(5,74)75)43(68)63(3)33-8-6-7-9-34(33)76-77(69,70)71/h6-13,16-17,19,29-30,32H,18,20-22H2,1-5H3,(H,60,67)(H2,69,70,71)/t29-,30+,32-/m0/s1. The highest BCUT2D eigenvalue weighted by Crippen LogP contribution is 2.68. The van der Waals surface area contributed by atoms with Crippen LogP contribution in [0.1, 0.15) is 66.1 Å². The van der Waals surface area contributed by atoms with Gasteiger partial charge in [0, 0.05) is 42.0 Å². The number of carbonyl (C=O) groups excluding carboxylic acids is 2. The number of rotatable bonds is 14. The zero-order chi connectivity index (χ0) is 58.5. The fraction of sp³-hybridized carbons (Fsp3) is 0.340. The highest BCUT2D eigenvalue weighted by molar-refractivity contribution is 7.93. The number of amides is 3. The highest BCUT2D eigenvalue weighted by atomic mass is 35.5. The summed E-state index contributed by atoms with van der Waals surface area (Å²) in [6.07, 6.45) is -10.2. The number of para-hydroxylation sites is 2. The smallest absolute Gasteiger partial charge is 0.402 e. The number of nitrogens with one attached hydrogen (secondary N) is 1. The van der Waals surface area contributed by atoms with Gasteiger partial charge in [-0.05, 0) is 86.6 Å². The SMILES string of the molecule is CN(C(=O)N(c1nn(CC(F)(F)F)c2c(-c3ccc(C#CC(C)(C)S(C)(=O)=O)nc3[C@H](Cc3cc(F)cc(F)c3)NC(=O)Cn3nc(C(F)(F)F)c4c3C(F)(F)[C@@H]3C[C@H]43)ccc(Cl)c12)S(C)(=O)=O)c1ccccc1OP(=O)(O)O. The maximum absolute atomic E-state index is 15.7. The number of alkyl halides is 8. The lowest BCUT2D eigenvalue weighted by Crippen LogP contribution is -2.45. The Morgan fingerprint density at radius 1 is 0.949 bits per heavy atom. The number of pyridine rings is 1. The predicted octanol–water partition coefficient (Wildman–Crippen LogP) is 8.79. The summed E-state index contributed by atoms with van der Waals surface area (Å²) in [5.41, 5.74) is -6.87. The molecule has 2 aliphatic carbocycles. The lowest BCUT2D eigenvalue weighted by atomic mass is 9.93. The summed E-state index contributed by atoms with van der Waals surface area (Å²) < 4.78 is 216. The van der Waals surface area contributed by atoms with E-state index in [1.807, 2.05) is 0 Å². The van der Waals surface area contributed by atoms with Gasteiger partial charge in [0.15, 0.2) is 27.1 Å². The molecule has 18 nitrogen and oxygen atoms in total. The van der Waals surface area contributed by atoms with E-state index in [1.165, 1.54) is 26.0 Å². The van der Waals surface area contributed by atoms with Crippen molar-refractivity contribution in [3.8, 4) is 28.7 Å². The van der Waals surface area contributed by atoms with Crippen molar-refractivity contribution in [1.29, 1.82) is 0 Å². The van der Waals surface area contributed by atoms with E-state index in [0.717, 1.165) is 61.8 Å². The second kappa shape index (κ2) is 20.1. The van der Waals surface area contributed by atoms with Gasteiger partial charge in [-0.2, -0.15) is 49.6 Å². The van der Waals surface area contributed by atoms with Gasteiger partial charge < -0.3 is 9.84 Å². The minimum absolute atomic E-state index is 0.0851. The zero-order valence-electron chi connectivity index (χ0n) is 41.1. The van der Waals surface area contributed by atoms with Gasteiger partial charge in [0.05, 0.1) is 39.6 Å². The van der Waals surface area contributed by atoms with Crippen LogP contribution < -0.4 is 19.0 Å². The van der Waals surface area contributed by atoms with Crippen LogP contribution in [0.15, 0.2) is 66.7 Å². The number of sulfone groups is 1. The first kappa shape index (κ1) is 58.4. The van der Waals surface area contributed by atoms with Crippen molar-refractivity contribution in [3.63, 3.8) is 0 Å². The second-order valence-electron chi connectivity index (χ2n) is 18.9. The Balaban J connectivity index is 1.37. The van der Waals surface area contributed by atoms with Crippen LogP contribution in [0.25, 0.3) is 22.0 Å². The zero-order valence-corrected chi connectivity index (χ0v) is 44.4. The summed E-state index contributed by atoms with van der Waals surface area (Å²) in [5.74, 6) is -7.08. The number of aromatic nitrogens is 5. The van der Waals surface area contributed by atoms with E-state index in [-0.39, 0.29) is 36.9 Å².